The lowest BCUT2D eigenvalue weighted by atomic mass is 10.2. The summed E-state index contributed by atoms with van der Waals surface area (Å²) >= 11 is 0. The Kier molecular flexibility index (Phi) is 4.61. The van der Waals surface area contributed by atoms with Crippen molar-refractivity contribution in [3.05, 3.63) is 80.7 Å². The lowest BCUT2D eigenvalue weighted by molar-refractivity contribution is -0.122. The maximum absolute atomic E-state index is 12.8. The first-order valence-electron chi connectivity index (χ1n) is 7.52. The van der Waals surface area contributed by atoms with E-state index in [4.69, 9.17) is 0 Å². The summed E-state index contributed by atoms with van der Waals surface area (Å²) in [7, 11) is 0. The molecule has 0 spiro atoms. The summed E-state index contributed by atoms with van der Waals surface area (Å²) in [5.74, 6) is -1.94. The Bertz CT molecular complexity index is 1100. The van der Waals surface area contributed by atoms with E-state index >= 15 is 0 Å². The fourth-order valence-electron chi connectivity index (χ4n) is 2.33. The molecular formula is C17H13FN4O4. The predicted molar refractivity (Wildman–Crippen MR) is 90.8 cm³/mol. The van der Waals surface area contributed by atoms with Gasteiger partial charge in [-0.1, -0.05) is 12.1 Å². The van der Waals surface area contributed by atoms with Crippen LogP contribution in [0.3, 0.4) is 0 Å². The molecule has 0 bridgehead atoms. The van der Waals surface area contributed by atoms with Crippen LogP contribution in [-0.2, 0) is 11.3 Å². The summed E-state index contributed by atoms with van der Waals surface area (Å²) < 4.78 is 13.6. The number of halogens is 1. The molecule has 0 atom stereocenters. The van der Waals surface area contributed by atoms with Crippen LogP contribution < -0.4 is 22.1 Å². The van der Waals surface area contributed by atoms with Crippen molar-refractivity contribution in [2.75, 3.05) is 0 Å². The SMILES string of the molecule is O=C(Cn1c(=O)[nH]c2ccccc2c1=O)NNC(=O)c1ccc(F)cc1. The van der Waals surface area contributed by atoms with Crippen molar-refractivity contribution in [1.82, 2.24) is 20.4 Å². The van der Waals surface area contributed by atoms with Crippen LogP contribution in [0.15, 0.2) is 58.1 Å². The van der Waals surface area contributed by atoms with Crippen molar-refractivity contribution in [2.45, 2.75) is 6.54 Å². The van der Waals surface area contributed by atoms with Gasteiger partial charge in [0.15, 0.2) is 0 Å². The van der Waals surface area contributed by atoms with Gasteiger partial charge in [0.1, 0.15) is 12.4 Å². The summed E-state index contributed by atoms with van der Waals surface area (Å²) in [5.41, 5.74) is 3.36. The van der Waals surface area contributed by atoms with Gasteiger partial charge in [0.25, 0.3) is 17.4 Å². The summed E-state index contributed by atoms with van der Waals surface area (Å²) in [6.45, 7) is -0.581. The van der Waals surface area contributed by atoms with Crippen LogP contribution >= 0.6 is 0 Å². The Morgan fingerprint density at radius 3 is 2.42 bits per heavy atom. The zero-order chi connectivity index (χ0) is 18.7. The van der Waals surface area contributed by atoms with Gasteiger partial charge < -0.3 is 4.98 Å². The Morgan fingerprint density at radius 2 is 1.69 bits per heavy atom. The molecule has 132 valence electrons. The van der Waals surface area contributed by atoms with Crippen LogP contribution in [0.25, 0.3) is 10.9 Å². The highest BCUT2D eigenvalue weighted by molar-refractivity contribution is 5.95. The number of hydrazine groups is 1. The minimum atomic E-state index is -0.775. The van der Waals surface area contributed by atoms with Gasteiger partial charge in [-0.2, -0.15) is 0 Å². The van der Waals surface area contributed by atoms with Crippen molar-refractivity contribution in [3.63, 3.8) is 0 Å². The molecule has 1 aromatic heterocycles. The van der Waals surface area contributed by atoms with E-state index in [1.54, 1.807) is 18.2 Å². The number of hydrogen-bond donors (Lipinski definition) is 3. The van der Waals surface area contributed by atoms with Gasteiger partial charge in [0.2, 0.25) is 0 Å². The van der Waals surface area contributed by atoms with Crippen molar-refractivity contribution in [3.8, 4) is 0 Å². The molecule has 26 heavy (non-hydrogen) atoms. The topological polar surface area (TPSA) is 113 Å². The maximum Gasteiger partial charge on any atom is 0.329 e. The number of fused-ring (bicyclic) bond motifs is 1. The monoisotopic (exact) mass is 356 g/mol. The Balaban J connectivity index is 1.71. The number of hydrogen-bond acceptors (Lipinski definition) is 4. The van der Waals surface area contributed by atoms with E-state index in [-0.39, 0.29) is 10.9 Å². The number of aromatic amines is 1. The molecule has 0 unspecified atom stereocenters. The third-order valence-electron chi connectivity index (χ3n) is 3.61. The number of para-hydroxylation sites is 1. The molecule has 0 saturated carbocycles. The Morgan fingerprint density at radius 1 is 1.00 bits per heavy atom. The van der Waals surface area contributed by atoms with Crippen molar-refractivity contribution < 1.29 is 14.0 Å². The van der Waals surface area contributed by atoms with Gasteiger partial charge in [-0.25, -0.2) is 9.18 Å². The third kappa shape index (κ3) is 3.51. The van der Waals surface area contributed by atoms with Gasteiger partial charge in [-0.15, -0.1) is 0 Å². The van der Waals surface area contributed by atoms with E-state index < -0.39 is 35.4 Å². The molecule has 0 radical (unpaired) electrons. The number of carbonyl (C=O) groups excluding carboxylic acids is 2. The highest BCUT2D eigenvalue weighted by Gasteiger charge is 2.12. The summed E-state index contributed by atoms with van der Waals surface area (Å²) in [6, 6.07) is 11.1. The molecule has 1 heterocycles. The van der Waals surface area contributed by atoms with E-state index in [0.717, 1.165) is 16.7 Å². The largest absolute Gasteiger partial charge is 0.329 e. The lowest BCUT2D eigenvalue weighted by Crippen LogP contribution is -2.46. The first-order valence-corrected chi connectivity index (χ1v) is 7.52. The number of amides is 2. The van der Waals surface area contributed by atoms with E-state index in [0.29, 0.717) is 5.52 Å². The molecule has 8 nitrogen and oxygen atoms in total. The van der Waals surface area contributed by atoms with Crippen molar-refractivity contribution in [1.29, 1.82) is 0 Å². The smallest absolute Gasteiger partial charge is 0.307 e. The number of nitrogens with one attached hydrogen (secondary N) is 3. The first kappa shape index (κ1) is 17.1. The van der Waals surface area contributed by atoms with Gasteiger partial charge in [-0.05, 0) is 36.4 Å². The third-order valence-corrected chi connectivity index (χ3v) is 3.61. The molecule has 2 amide bonds. The normalized spacial score (nSPS) is 10.5. The standard InChI is InChI=1S/C17H13FN4O4/c18-11-7-5-10(6-8-11)15(24)21-20-14(23)9-22-16(25)12-3-1-2-4-13(12)19-17(22)26/h1-8H,9H2,(H,19,26)(H,20,23)(H,21,24). The number of H-pyrrole nitrogens is 1. The van der Waals surface area contributed by atoms with Gasteiger partial charge >= 0.3 is 5.69 Å². The molecule has 0 aliphatic carbocycles. The zero-order valence-corrected chi connectivity index (χ0v) is 13.3. The first-order chi connectivity index (χ1) is 12.5. The highest BCUT2D eigenvalue weighted by atomic mass is 19.1. The van der Waals surface area contributed by atoms with Gasteiger partial charge in [0, 0.05) is 5.56 Å². The average molecular weight is 356 g/mol. The predicted octanol–water partition coefficient (Wildman–Crippen LogP) is 0.290. The molecule has 3 N–H and O–H groups in total. The van der Waals surface area contributed by atoms with Crippen LogP contribution in [0.5, 0.6) is 0 Å². The van der Waals surface area contributed by atoms with E-state index in [1.807, 2.05) is 0 Å². The van der Waals surface area contributed by atoms with Crippen molar-refractivity contribution >= 4 is 22.7 Å². The molecule has 3 rings (SSSR count). The minimum absolute atomic E-state index is 0.132. The van der Waals surface area contributed by atoms with Gasteiger partial charge in [0.05, 0.1) is 10.9 Å². The van der Waals surface area contributed by atoms with Crippen LogP contribution in [0.1, 0.15) is 10.4 Å². The number of carbonyl (C=O) groups is 2. The molecular weight excluding hydrogens is 343 g/mol. The highest BCUT2D eigenvalue weighted by Crippen LogP contribution is 2.03. The number of aromatic nitrogens is 2. The maximum atomic E-state index is 12.8. The summed E-state index contributed by atoms with van der Waals surface area (Å²) in [5, 5.41) is 0.259. The molecule has 9 heteroatoms. The van der Waals surface area contributed by atoms with E-state index in [2.05, 4.69) is 15.8 Å². The van der Waals surface area contributed by atoms with E-state index in [1.165, 1.54) is 18.2 Å². The second kappa shape index (κ2) is 7.01. The van der Waals surface area contributed by atoms with Gasteiger partial charge in [-0.3, -0.25) is 29.8 Å². The minimum Gasteiger partial charge on any atom is -0.307 e. The second-order valence-corrected chi connectivity index (χ2v) is 5.38. The van der Waals surface area contributed by atoms with E-state index in [9.17, 15) is 23.6 Å². The lowest BCUT2D eigenvalue weighted by Gasteiger charge is -2.09. The quantitative estimate of drug-likeness (QED) is 0.586. The second-order valence-electron chi connectivity index (χ2n) is 5.38. The molecule has 0 aliphatic heterocycles. The summed E-state index contributed by atoms with van der Waals surface area (Å²) in [4.78, 5) is 50.6. The summed E-state index contributed by atoms with van der Waals surface area (Å²) in [6.07, 6.45) is 0. The number of nitrogens with zero attached hydrogens (tertiary/aromatic N) is 1. The van der Waals surface area contributed by atoms with Crippen LogP contribution in [0, 0.1) is 5.82 Å². The van der Waals surface area contributed by atoms with Crippen LogP contribution in [0.4, 0.5) is 4.39 Å². The molecule has 0 aliphatic rings. The molecule has 0 fully saturated rings. The average Bonchev–Trinajstić information content (AvgIpc) is 2.64. The fourth-order valence-corrected chi connectivity index (χ4v) is 2.33. The Labute approximate surface area is 145 Å². The number of rotatable bonds is 3. The Hall–Kier alpha value is -3.75. The molecule has 3 aromatic rings. The molecule has 0 saturated heterocycles. The van der Waals surface area contributed by atoms with Crippen LogP contribution in [0.2, 0.25) is 0 Å². The van der Waals surface area contributed by atoms with Crippen LogP contribution in [-0.4, -0.2) is 21.4 Å². The fraction of sp³-hybridized carbons (Fsp3) is 0.0588. The molecule has 2 aromatic carbocycles. The zero-order valence-electron chi connectivity index (χ0n) is 13.3. The van der Waals surface area contributed by atoms with Crippen molar-refractivity contribution in [2.24, 2.45) is 0 Å². The number of benzene rings is 2.